The van der Waals surface area contributed by atoms with Gasteiger partial charge in [0.25, 0.3) is 0 Å². The molecule has 0 atom stereocenters. The maximum absolute atomic E-state index is 12.3. The molecule has 1 aromatic carbocycles. The Morgan fingerprint density at radius 2 is 1.90 bits per heavy atom. The van der Waals surface area contributed by atoms with Crippen molar-refractivity contribution in [3.63, 3.8) is 0 Å². The predicted octanol–water partition coefficient (Wildman–Crippen LogP) is 3.16. The summed E-state index contributed by atoms with van der Waals surface area (Å²) < 4.78 is 27.1. The van der Waals surface area contributed by atoms with Gasteiger partial charge in [0, 0.05) is 10.6 Å². The van der Waals surface area contributed by atoms with Crippen molar-refractivity contribution in [2.24, 2.45) is 0 Å². The standard InChI is InChI=1S/C12H15Cl2NO4S/c1-4-12(2,3)15-20(18,19)9-6-7(13)5-8(10(9)14)11(16)17/h5-6,15H,4H2,1-3H3,(H,16,17). The second-order valence-electron chi connectivity index (χ2n) is 4.91. The Balaban J connectivity index is 3.43. The van der Waals surface area contributed by atoms with E-state index in [0.717, 1.165) is 12.1 Å². The van der Waals surface area contributed by atoms with Crippen LogP contribution in [0.5, 0.6) is 0 Å². The number of nitrogens with one attached hydrogen (secondary N) is 1. The van der Waals surface area contributed by atoms with Crippen LogP contribution in [0.25, 0.3) is 0 Å². The number of halogens is 2. The lowest BCUT2D eigenvalue weighted by Gasteiger charge is -2.24. The van der Waals surface area contributed by atoms with E-state index >= 15 is 0 Å². The molecule has 2 N–H and O–H groups in total. The van der Waals surface area contributed by atoms with Gasteiger partial charge in [-0.15, -0.1) is 0 Å². The number of carboxylic acids is 1. The number of carbonyl (C=O) groups is 1. The van der Waals surface area contributed by atoms with Gasteiger partial charge in [0.1, 0.15) is 4.90 Å². The van der Waals surface area contributed by atoms with Gasteiger partial charge in [-0.25, -0.2) is 17.9 Å². The largest absolute Gasteiger partial charge is 0.478 e. The Morgan fingerprint density at radius 1 is 1.35 bits per heavy atom. The third-order valence-corrected chi connectivity index (χ3v) is 5.28. The molecular weight excluding hydrogens is 325 g/mol. The minimum atomic E-state index is -3.97. The van der Waals surface area contributed by atoms with Gasteiger partial charge in [-0.3, -0.25) is 0 Å². The van der Waals surface area contributed by atoms with Crippen LogP contribution in [0.15, 0.2) is 17.0 Å². The second-order valence-corrected chi connectivity index (χ2v) is 7.38. The van der Waals surface area contributed by atoms with E-state index in [1.54, 1.807) is 13.8 Å². The van der Waals surface area contributed by atoms with E-state index in [1.807, 2.05) is 6.92 Å². The molecule has 0 heterocycles. The summed E-state index contributed by atoms with van der Waals surface area (Å²) >= 11 is 11.6. The zero-order valence-electron chi connectivity index (χ0n) is 11.2. The number of benzene rings is 1. The summed E-state index contributed by atoms with van der Waals surface area (Å²) in [6.07, 6.45) is 0.552. The summed E-state index contributed by atoms with van der Waals surface area (Å²) in [6.45, 7) is 5.24. The van der Waals surface area contributed by atoms with Crippen molar-refractivity contribution in [1.82, 2.24) is 4.72 Å². The molecule has 0 saturated heterocycles. The molecule has 0 aromatic heterocycles. The Hall–Kier alpha value is -0.820. The topological polar surface area (TPSA) is 83.5 Å². The summed E-state index contributed by atoms with van der Waals surface area (Å²) in [4.78, 5) is 10.7. The van der Waals surface area contributed by atoms with Crippen molar-refractivity contribution < 1.29 is 18.3 Å². The van der Waals surface area contributed by atoms with Crippen LogP contribution in [0.2, 0.25) is 10.0 Å². The second kappa shape index (κ2) is 5.89. The molecule has 1 aromatic rings. The molecule has 0 bridgehead atoms. The molecule has 112 valence electrons. The third kappa shape index (κ3) is 3.85. The van der Waals surface area contributed by atoms with Crippen LogP contribution in [-0.2, 0) is 10.0 Å². The molecule has 0 spiro atoms. The molecule has 20 heavy (non-hydrogen) atoms. The lowest BCUT2D eigenvalue weighted by Crippen LogP contribution is -2.42. The molecule has 0 aliphatic rings. The fourth-order valence-corrected chi connectivity index (χ4v) is 3.79. The normalized spacial score (nSPS) is 12.4. The van der Waals surface area contributed by atoms with E-state index in [2.05, 4.69) is 4.72 Å². The number of hydrogen-bond acceptors (Lipinski definition) is 3. The fraction of sp³-hybridized carbons (Fsp3) is 0.417. The average Bonchev–Trinajstić information content (AvgIpc) is 2.30. The summed E-state index contributed by atoms with van der Waals surface area (Å²) in [5.41, 5.74) is -1.04. The highest BCUT2D eigenvalue weighted by atomic mass is 35.5. The zero-order chi connectivity index (χ0) is 15.7. The first kappa shape index (κ1) is 17.2. The first-order chi connectivity index (χ1) is 9.00. The van der Waals surface area contributed by atoms with Crippen molar-refractivity contribution in [1.29, 1.82) is 0 Å². The molecule has 0 aliphatic carbocycles. The Labute approximate surface area is 127 Å². The van der Waals surface area contributed by atoms with Crippen LogP contribution in [-0.4, -0.2) is 25.0 Å². The number of sulfonamides is 1. The summed E-state index contributed by atoms with van der Waals surface area (Å²) in [5.74, 6) is -1.34. The smallest absolute Gasteiger partial charge is 0.337 e. The molecule has 8 heteroatoms. The lowest BCUT2D eigenvalue weighted by molar-refractivity contribution is 0.0697. The molecule has 0 fully saturated rings. The fourth-order valence-electron chi connectivity index (χ4n) is 1.41. The lowest BCUT2D eigenvalue weighted by atomic mass is 10.0. The maximum Gasteiger partial charge on any atom is 0.337 e. The van der Waals surface area contributed by atoms with Crippen LogP contribution in [0.3, 0.4) is 0 Å². The maximum atomic E-state index is 12.3. The molecule has 0 amide bonds. The Morgan fingerprint density at radius 3 is 2.35 bits per heavy atom. The molecule has 0 radical (unpaired) electrons. The highest BCUT2D eigenvalue weighted by Crippen LogP contribution is 2.30. The number of carboxylic acid groups (broad SMARTS) is 1. The van der Waals surface area contributed by atoms with Crippen molar-refractivity contribution in [3.05, 3.63) is 27.7 Å². The van der Waals surface area contributed by atoms with Gasteiger partial charge >= 0.3 is 5.97 Å². The highest BCUT2D eigenvalue weighted by molar-refractivity contribution is 7.89. The molecule has 1 rings (SSSR count). The minimum Gasteiger partial charge on any atom is -0.478 e. The van der Waals surface area contributed by atoms with Crippen LogP contribution in [0.1, 0.15) is 37.6 Å². The SMILES string of the molecule is CCC(C)(C)NS(=O)(=O)c1cc(Cl)cc(C(=O)O)c1Cl. The zero-order valence-corrected chi connectivity index (χ0v) is 13.5. The van der Waals surface area contributed by atoms with Gasteiger partial charge < -0.3 is 5.11 Å². The van der Waals surface area contributed by atoms with Crippen molar-refractivity contribution >= 4 is 39.2 Å². The van der Waals surface area contributed by atoms with Gasteiger partial charge in [-0.05, 0) is 32.4 Å². The monoisotopic (exact) mass is 339 g/mol. The van der Waals surface area contributed by atoms with Crippen LogP contribution < -0.4 is 4.72 Å². The molecule has 5 nitrogen and oxygen atoms in total. The van der Waals surface area contributed by atoms with E-state index in [9.17, 15) is 13.2 Å². The van der Waals surface area contributed by atoms with Crippen molar-refractivity contribution in [3.8, 4) is 0 Å². The predicted molar refractivity (Wildman–Crippen MR) is 78.1 cm³/mol. The van der Waals surface area contributed by atoms with Gasteiger partial charge in [-0.1, -0.05) is 30.1 Å². The molecule has 0 saturated carbocycles. The molecular formula is C12H15Cl2NO4S. The van der Waals surface area contributed by atoms with E-state index < -0.39 is 21.5 Å². The molecule has 0 aliphatic heterocycles. The van der Waals surface area contributed by atoms with Gasteiger partial charge in [0.15, 0.2) is 0 Å². The number of hydrogen-bond donors (Lipinski definition) is 2. The summed E-state index contributed by atoms with van der Waals surface area (Å²) in [5, 5.41) is 8.63. The van der Waals surface area contributed by atoms with Gasteiger partial charge in [0.05, 0.1) is 10.6 Å². The Bertz CT molecular complexity index is 641. The third-order valence-electron chi connectivity index (χ3n) is 2.82. The number of rotatable bonds is 5. The van der Waals surface area contributed by atoms with E-state index in [-0.39, 0.29) is 20.5 Å². The Kier molecular flexibility index (Phi) is 5.08. The molecule has 0 unspecified atom stereocenters. The van der Waals surface area contributed by atoms with Gasteiger partial charge in [-0.2, -0.15) is 0 Å². The van der Waals surface area contributed by atoms with Crippen molar-refractivity contribution in [2.75, 3.05) is 0 Å². The average molecular weight is 340 g/mol. The minimum absolute atomic E-state index is 0.0125. The van der Waals surface area contributed by atoms with Crippen LogP contribution in [0, 0.1) is 0 Å². The highest BCUT2D eigenvalue weighted by Gasteiger charge is 2.28. The first-order valence-corrected chi connectivity index (χ1v) is 8.00. The first-order valence-electron chi connectivity index (χ1n) is 5.76. The van der Waals surface area contributed by atoms with E-state index in [0.29, 0.717) is 6.42 Å². The van der Waals surface area contributed by atoms with E-state index in [1.165, 1.54) is 0 Å². The van der Waals surface area contributed by atoms with Crippen molar-refractivity contribution in [2.45, 2.75) is 37.6 Å². The summed E-state index contributed by atoms with van der Waals surface area (Å²) in [7, 11) is -3.97. The van der Waals surface area contributed by atoms with Gasteiger partial charge in [0.2, 0.25) is 10.0 Å². The quantitative estimate of drug-likeness (QED) is 0.862. The van der Waals surface area contributed by atoms with Crippen LogP contribution in [0.4, 0.5) is 0 Å². The summed E-state index contributed by atoms with van der Waals surface area (Å²) in [6, 6.07) is 2.24. The van der Waals surface area contributed by atoms with Crippen LogP contribution >= 0.6 is 23.2 Å². The van der Waals surface area contributed by atoms with E-state index in [4.69, 9.17) is 28.3 Å². The number of aromatic carboxylic acids is 1.